The Labute approximate surface area is 196 Å². The second-order valence-corrected chi connectivity index (χ2v) is 10.2. The van der Waals surface area contributed by atoms with Crippen LogP contribution in [0.3, 0.4) is 0 Å². The average Bonchev–Trinajstić information content (AvgIpc) is 3.29. The molecule has 0 saturated heterocycles. The second kappa shape index (κ2) is 8.20. The Morgan fingerprint density at radius 1 is 1.03 bits per heavy atom. The predicted octanol–water partition coefficient (Wildman–Crippen LogP) is 5.88. The van der Waals surface area contributed by atoms with Gasteiger partial charge in [-0.15, -0.1) is 0 Å². The highest BCUT2D eigenvalue weighted by atomic mass is 35.5. The molecule has 0 unspecified atom stereocenters. The van der Waals surface area contributed by atoms with E-state index in [4.69, 9.17) is 11.6 Å². The van der Waals surface area contributed by atoms with Crippen LogP contribution in [0.5, 0.6) is 0 Å². The van der Waals surface area contributed by atoms with Crippen LogP contribution in [-0.2, 0) is 10.0 Å². The van der Waals surface area contributed by atoms with Crippen molar-refractivity contribution >= 4 is 38.7 Å². The van der Waals surface area contributed by atoms with Crippen molar-refractivity contribution in [2.24, 2.45) is 5.92 Å². The number of fused-ring (bicyclic) bond motifs is 3. The lowest BCUT2D eigenvalue weighted by Gasteiger charge is -2.38. The Morgan fingerprint density at radius 3 is 2.58 bits per heavy atom. The van der Waals surface area contributed by atoms with Crippen LogP contribution < -0.4 is 10.0 Å². The summed E-state index contributed by atoms with van der Waals surface area (Å²) >= 11 is 6.44. The molecule has 5 rings (SSSR count). The second-order valence-electron chi connectivity index (χ2n) is 8.16. The minimum absolute atomic E-state index is 0.0158. The maximum atomic E-state index is 13.0. The number of rotatable bonds is 5. The maximum Gasteiger partial charge on any atom is 0.269 e. The number of hydrogen-bond acceptors (Lipinski definition) is 5. The first-order chi connectivity index (χ1) is 15.8. The van der Waals surface area contributed by atoms with Crippen molar-refractivity contribution in [1.29, 1.82) is 0 Å². The van der Waals surface area contributed by atoms with Crippen molar-refractivity contribution in [1.82, 2.24) is 0 Å². The first-order valence-electron chi connectivity index (χ1n) is 10.4. The number of allylic oxidation sites excluding steroid dienone is 2. The number of nitrogens with one attached hydrogen (secondary N) is 2. The molecule has 0 saturated carbocycles. The predicted molar refractivity (Wildman–Crippen MR) is 128 cm³/mol. The number of non-ortho nitro benzene ring substituents is 1. The average molecular weight is 482 g/mol. The van der Waals surface area contributed by atoms with E-state index in [9.17, 15) is 18.5 Å². The molecule has 3 atom stereocenters. The van der Waals surface area contributed by atoms with Crippen molar-refractivity contribution in [3.05, 3.63) is 105 Å². The number of nitro benzene ring substituents is 1. The summed E-state index contributed by atoms with van der Waals surface area (Å²) in [5.74, 6) is 0.0190. The summed E-state index contributed by atoms with van der Waals surface area (Å²) in [6.45, 7) is 0. The van der Waals surface area contributed by atoms with Gasteiger partial charge in [0.15, 0.2) is 0 Å². The fourth-order valence-electron chi connectivity index (χ4n) is 4.65. The molecule has 33 heavy (non-hydrogen) atoms. The van der Waals surface area contributed by atoms with E-state index in [1.165, 1.54) is 12.1 Å². The summed E-state index contributed by atoms with van der Waals surface area (Å²) in [6, 6.07) is 18.0. The molecular formula is C24H20ClN3O4S. The van der Waals surface area contributed by atoms with E-state index >= 15 is 0 Å². The Hall–Kier alpha value is -3.36. The van der Waals surface area contributed by atoms with Gasteiger partial charge in [-0.1, -0.05) is 42.0 Å². The summed E-state index contributed by atoms with van der Waals surface area (Å²) in [5, 5.41) is 15.2. The lowest BCUT2D eigenvalue weighted by Crippen LogP contribution is -2.29. The molecule has 1 heterocycles. The third-order valence-electron chi connectivity index (χ3n) is 6.20. The first-order valence-corrected chi connectivity index (χ1v) is 12.3. The SMILES string of the molecule is O=[N+]([O-])c1ccc(Cl)c([C@H]2Nc3ccc(S(=O)(=O)Nc4ccccc4)cc3[C@H]3C=CC[C@H]32)c1. The molecule has 7 nitrogen and oxygen atoms in total. The van der Waals surface area contributed by atoms with Gasteiger partial charge in [0.05, 0.1) is 15.9 Å². The third-order valence-corrected chi connectivity index (χ3v) is 7.92. The molecule has 9 heteroatoms. The zero-order valence-electron chi connectivity index (χ0n) is 17.3. The molecule has 3 aromatic rings. The minimum atomic E-state index is -3.76. The fourth-order valence-corrected chi connectivity index (χ4v) is 5.98. The third kappa shape index (κ3) is 3.96. The zero-order chi connectivity index (χ0) is 23.2. The van der Waals surface area contributed by atoms with Gasteiger partial charge < -0.3 is 5.32 Å². The summed E-state index contributed by atoms with van der Waals surface area (Å²) in [4.78, 5) is 11.0. The largest absolute Gasteiger partial charge is 0.378 e. The fraction of sp³-hybridized carbons (Fsp3) is 0.167. The van der Waals surface area contributed by atoms with Crippen LogP contribution in [-0.4, -0.2) is 13.3 Å². The smallest absolute Gasteiger partial charge is 0.269 e. The molecule has 1 aliphatic carbocycles. The standard InChI is InChI=1S/C24H20ClN3O4S/c25-22-11-9-16(28(29)30)13-21(22)24-19-8-4-7-18(19)20-14-17(10-12-23(20)26-24)33(31,32)27-15-5-2-1-3-6-15/h1-7,9-14,18-19,24,26-27H,8H2/t18-,19+,24-/m0/s1. The van der Waals surface area contributed by atoms with Gasteiger partial charge in [0, 0.05) is 40.0 Å². The van der Waals surface area contributed by atoms with Crippen LogP contribution in [0.2, 0.25) is 5.02 Å². The highest BCUT2D eigenvalue weighted by Gasteiger charge is 2.39. The number of anilines is 2. The van der Waals surface area contributed by atoms with Gasteiger partial charge in [0.1, 0.15) is 0 Å². The van der Waals surface area contributed by atoms with Crippen molar-refractivity contribution < 1.29 is 13.3 Å². The number of nitrogens with zero attached hydrogens (tertiary/aromatic N) is 1. The quantitative estimate of drug-likeness (QED) is 0.269. The summed E-state index contributed by atoms with van der Waals surface area (Å²) in [6.07, 6.45) is 4.89. The lowest BCUT2D eigenvalue weighted by molar-refractivity contribution is -0.384. The van der Waals surface area contributed by atoms with Crippen molar-refractivity contribution in [3.63, 3.8) is 0 Å². The highest BCUT2D eigenvalue weighted by molar-refractivity contribution is 7.92. The molecule has 0 amide bonds. The molecule has 0 spiro atoms. The Morgan fingerprint density at radius 2 is 1.82 bits per heavy atom. The van der Waals surface area contributed by atoms with Gasteiger partial charge >= 0.3 is 0 Å². The number of nitro groups is 1. The molecule has 2 N–H and O–H groups in total. The molecule has 1 aliphatic heterocycles. The molecule has 0 bridgehead atoms. The number of benzene rings is 3. The van der Waals surface area contributed by atoms with Gasteiger partial charge in [0.25, 0.3) is 15.7 Å². The number of hydrogen-bond donors (Lipinski definition) is 2. The van der Waals surface area contributed by atoms with E-state index in [-0.39, 0.29) is 28.5 Å². The van der Waals surface area contributed by atoms with E-state index in [2.05, 4.69) is 22.2 Å². The van der Waals surface area contributed by atoms with Crippen LogP contribution >= 0.6 is 11.6 Å². The number of para-hydroxylation sites is 1. The van der Waals surface area contributed by atoms with Gasteiger partial charge in [-0.2, -0.15) is 0 Å². The van der Waals surface area contributed by atoms with Crippen molar-refractivity contribution in [2.75, 3.05) is 10.0 Å². The lowest BCUT2D eigenvalue weighted by atomic mass is 9.77. The van der Waals surface area contributed by atoms with Crippen molar-refractivity contribution in [2.45, 2.75) is 23.3 Å². The van der Waals surface area contributed by atoms with Gasteiger partial charge in [0.2, 0.25) is 0 Å². The van der Waals surface area contributed by atoms with Crippen LogP contribution in [0.1, 0.15) is 29.5 Å². The van der Waals surface area contributed by atoms with Gasteiger partial charge in [-0.3, -0.25) is 14.8 Å². The van der Waals surface area contributed by atoms with Crippen LogP contribution in [0.25, 0.3) is 0 Å². The van der Waals surface area contributed by atoms with E-state index < -0.39 is 14.9 Å². The van der Waals surface area contributed by atoms with Crippen molar-refractivity contribution in [3.8, 4) is 0 Å². The van der Waals surface area contributed by atoms with Crippen LogP contribution in [0.4, 0.5) is 17.1 Å². The molecule has 2 aliphatic rings. The van der Waals surface area contributed by atoms with E-state index in [1.807, 2.05) is 6.07 Å². The Bertz CT molecular complexity index is 1380. The molecular weight excluding hydrogens is 462 g/mol. The molecule has 3 aromatic carbocycles. The number of halogens is 1. The Balaban J connectivity index is 1.52. The summed E-state index contributed by atoms with van der Waals surface area (Å²) in [7, 11) is -3.76. The zero-order valence-corrected chi connectivity index (χ0v) is 18.9. The van der Waals surface area contributed by atoms with Gasteiger partial charge in [-0.05, 0) is 54.3 Å². The molecule has 0 fully saturated rings. The molecule has 0 aromatic heterocycles. The topological polar surface area (TPSA) is 101 Å². The normalized spacial score (nSPS) is 21.1. The molecule has 0 radical (unpaired) electrons. The highest BCUT2D eigenvalue weighted by Crippen LogP contribution is 2.51. The van der Waals surface area contributed by atoms with Crippen LogP contribution in [0.15, 0.2) is 83.8 Å². The summed E-state index contributed by atoms with van der Waals surface area (Å²) < 4.78 is 28.6. The first kappa shape index (κ1) is 21.5. The molecule has 168 valence electrons. The maximum absolute atomic E-state index is 13.0. The van der Waals surface area contributed by atoms with E-state index in [1.54, 1.807) is 48.5 Å². The monoisotopic (exact) mass is 481 g/mol. The summed E-state index contributed by atoms with van der Waals surface area (Å²) in [5.41, 5.74) is 2.81. The van der Waals surface area contributed by atoms with E-state index in [0.29, 0.717) is 16.3 Å². The Kier molecular flexibility index (Phi) is 5.34. The van der Waals surface area contributed by atoms with E-state index in [0.717, 1.165) is 17.7 Å². The van der Waals surface area contributed by atoms with Crippen LogP contribution in [0, 0.1) is 16.0 Å². The minimum Gasteiger partial charge on any atom is -0.378 e. The van der Waals surface area contributed by atoms with Gasteiger partial charge in [-0.25, -0.2) is 8.42 Å². The number of sulfonamides is 1.